The molecule has 0 bridgehead atoms. The number of hydrogen-bond donors (Lipinski definition) is 2. The molecule has 1 aliphatic rings. The number of carbonyl (C=O) groups is 1. The Morgan fingerprint density at radius 3 is 3.00 bits per heavy atom. The van der Waals surface area contributed by atoms with Gasteiger partial charge in [-0.15, -0.1) is 11.8 Å². The van der Waals surface area contributed by atoms with Gasteiger partial charge in [0.05, 0.1) is 11.7 Å². The van der Waals surface area contributed by atoms with E-state index in [0.717, 1.165) is 17.2 Å². The van der Waals surface area contributed by atoms with Crippen LogP contribution in [0.1, 0.15) is 5.56 Å². The van der Waals surface area contributed by atoms with Crippen LogP contribution >= 0.6 is 35.0 Å². The van der Waals surface area contributed by atoms with Gasteiger partial charge in [0.15, 0.2) is 5.15 Å². The molecule has 92 valence electrons. The molecule has 1 atom stereocenters. The van der Waals surface area contributed by atoms with Gasteiger partial charge in [-0.2, -0.15) is 0 Å². The number of pyridine rings is 1. The molecule has 1 fully saturated rings. The van der Waals surface area contributed by atoms with Crippen LogP contribution in [0.5, 0.6) is 0 Å². The Morgan fingerprint density at radius 2 is 2.41 bits per heavy atom. The maximum absolute atomic E-state index is 11.9. The number of amides is 1. The highest BCUT2D eigenvalue weighted by Gasteiger charge is 2.23. The molecule has 0 saturated carbocycles. The molecule has 0 aliphatic carbocycles. The Hall–Kier alpha value is -0.490. The van der Waals surface area contributed by atoms with E-state index in [1.165, 1.54) is 0 Å². The molecule has 2 rings (SSSR count). The van der Waals surface area contributed by atoms with Crippen molar-refractivity contribution >= 4 is 46.6 Å². The minimum atomic E-state index is -0.175. The summed E-state index contributed by atoms with van der Waals surface area (Å²) < 4.78 is 0. The molecule has 0 spiro atoms. The van der Waals surface area contributed by atoms with E-state index in [9.17, 15) is 4.79 Å². The molecule has 2 N–H and O–H groups in total. The van der Waals surface area contributed by atoms with Gasteiger partial charge < -0.3 is 5.32 Å². The average Bonchev–Trinajstić information content (AvgIpc) is 2.76. The molecule has 1 aromatic heterocycles. The van der Waals surface area contributed by atoms with Crippen molar-refractivity contribution in [3.05, 3.63) is 21.9 Å². The van der Waals surface area contributed by atoms with E-state index in [1.807, 2.05) is 6.92 Å². The molecule has 17 heavy (non-hydrogen) atoms. The van der Waals surface area contributed by atoms with Crippen molar-refractivity contribution in [1.29, 1.82) is 0 Å². The average molecular weight is 292 g/mol. The molecule has 1 unspecified atom stereocenters. The maximum Gasteiger partial charge on any atom is 0.242 e. The number of aromatic nitrogens is 1. The topological polar surface area (TPSA) is 54.0 Å². The molecule has 7 heteroatoms. The van der Waals surface area contributed by atoms with Crippen molar-refractivity contribution < 1.29 is 4.79 Å². The molecular formula is C10H11Cl2N3OS. The number of thioether (sulfide) groups is 1. The molecule has 2 heterocycles. The van der Waals surface area contributed by atoms with E-state index in [4.69, 9.17) is 23.2 Å². The first-order valence-electron chi connectivity index (χ1n) is 5.02. The lowest BCUT2D eigenvalue weighted by Crippen LogP contribution is -2.37. The van der Waals surface area contributed by atoms with Crippen LogP contribution in [0.2, 0.25) is 10.3 Å². The van der Waals surface area contributed by atoms with Crippen molar-refractivity contribution in [3.63, 3.8) is 0 Å². The Balaban J connectivity index is 2.15. The van der Waals surface area contributed by atoms with Crippen LogP contribution in [0.4, 0.5) is 5.69 Å². The van der Waals surface area contributed by atoms with E-state index < -0.39 is 0 Å². The second-order valence-corrected chi connectivity index (χ2v) is 5.46. The molecule has 0 radical (unpaired) electrons. The smallest absolute Gasteiger partial charge is 0.242 e. The number of carbonyl (C=O) groups excluding carboxylic acids is 1. The SMILES string of the molecule is Cc1cc(Cl)nc(Cl)c1NC(=O)C1CSCN1. The van der Waals surface area contributed by atoms with Gasteiger partial charge in [0, 0.05) is 11.6 Å². The highest BCUT2D eigenvalue weighted by molar-refractivity contribution is 7.99. The first kappa shape index (κ1) is 13.0. The zero-order valence-electron chi connectivity index (χ0n) is 9.09. The summed E-state index contributed by atoms with van der Waals surface area (Å²) in [6.07, 6.45) is 0. The lowest BCUT2D eigenvalue weighted by atomic mass is 10.2. The van der Waals surface area contributed by atoms with Gasteiger partial charge in [-0.25, -0.2) is 4.98 Å². The minimum Gasteiger partial charge on any atom is -0.322 e. The van der Waals surface area contributed by atoms with Gasteiger partial charge >= 0.3 is 0 Å². The Bertz CT molecular complexity index is 426. The monoisotopic (exact) mass is 291 g/mol. The molecule has 4 nitrogen and oxygen atoms in total. The molecule has 1 aromatic rings. The fourth-order valence-electron chi connectivity index (χ4n) is 1.52. The summed E-state index contributed by atoms with van der Waals surface area (Å²) in [6.45, 7) is 1.83. The van der Waals surface area contributed by atoms with Crippen molar-refractivity contribution in [2.24, 2.45) is 0 Å². The van der Waals surface area contributed by atoms with Gasteiger partial charge in [0.25, 0.3) is 0 Å². The molecular weight excluding hydrogens is 281 g/mol. The van der Waals surface area contributed by atoms with Crippen molar-refractivity contribution in [3.8, 4) is 0 Å². The molecule has 1 amide bonds. The number of rotatable bonds is 2. The van der Waals surface area contributed by atoms with E-state index in [1.54, 1.807) is 17.8 Å². The van der Waals surface area contributed by atoms with Crippen LogP contribution in [-0.2, 0) is 4.79 Å². The van der Waals surface area contributed by atoms with Crippen molar-refractivity contribution in [2.45, 2.75) is 13.0 Å². The van der Waals surface area contributed by atoms with Gasteiger partial charge in [-0.05, 0) is 18.6 Å². The van der Waals surface area contributed by atoms with Crippen molar-refractivity contribution in [2.75, 3.05) is 16.9 Å². The van der Waals surface area contributed by atoms with E-state index >= 15 is 0 Å². The van der Waals surface area contributed by atoms with Gasteiger partial charge in [0.1, 0.15) is 5.15 Å². The van der Waals surface area contributed by atoms with Crippen LogP contribution in [0.3, 0.4) is 0 Å². The second-order valence-electron chi connectivity index (χ2n) is 3.69. The second kappa shape index (κ2) is 5.44. The summed E-state index contributed by atoms with van der Waals surface area (Å²) >= 11 is 13.4. The number of aryl methyl sites for hydroxylation is 1. The first-order valence-corrected chi connectivity index (χ1v) is 6.93. The third-order valence-electron chi connectivity index (χ3n) is 2.42. The Morgan fingerprint density at radius 1 is 1.65 bits per heavy atom. The fourth-order valence-corrected chi connectivity index (χ4v) is 3.04. The quantitative estimate of drug-likeness (QED) is 0.821. The van der Waals surface area contributed by atoms with Crippen molar-refractivity contribution in [1.82, 2.24) is 10.3 Å². The summed E-state index contributed by atoms with van der Waals surface area (Å²) in [4.78, 5) is 15.8. The zero-order valence-corrected chi connectivity index (χ0v) is 11.4. The summed E-state index contributed by atoms with van der Waals surface area (Å²) in [5.74, 6) is 1.47. The predicted molar refractivity (Wildman–Crippen MR) is 71.9 cm³/mol. The number of hydrogen-bond acceptors (Lipinski definition) is 4. The minimum absolute atomic E-state index is 0.0934. The summed E-state index contributed by atoms with van der Waals surface area (Å²) in [5, 5.41) is 6.40. The highest BCUT2D eigenvalue weighted by Crippen LogP contribution is 2.26. The standard InChI is InChI=1S/C10H11Cl2N3OS/c1-5-2-7(11)14-9(12)8(5)15-10(16)6-3-17-4-13-6/h2,6,13H,3-4H2,1H3,(H,15,16). The van der Waals surface area contributed by atoms with Gasteiger partial charge in [0.2, 0.25) is 5.91 Å². The molecule has 0 aromatic carbocycles. The first-order chi connectivity index (χ1) is 8.08. The van der Waals surface area contributed by atoms with E-state index in [-0.39, 0.29) is 17.1 Å². The van der Waals surface area contributed by atoms with Crippen LogP contribution in [0.15, 0.2) is 6.07 Å². The largest absolute Gasteiger partial charge is 0.322 e. The Kier molecular flexibility index (Phi) is 4.14. The van der Waals surface area contributed by atoms with Crippen LogP contribution in [0.25, 0.3) is 0 Å². The predicted octanol–water partition coefficient (Wildman–Crippen LogP) is 2.30. The summed E-state index contributed by atoms with van der Waals surface area (Å²) in [5.41, 5.74) is 1.33. The highest BCUT2D eigenvalue weighted by atomic mass is 35.5. The third-order valence-corrected chi connectivity index (χ3v) is 3.83. The van der Waals surface area contributed by atoms with Crippen LogP contribution in [0, 0.1) is 6.92 Å². The number of halogens is 2. The number of nitrogens with zero attached hydrogens (tertiary/aromatic N) is 1. The maximum atomic E-state index is 11.9. The normalized spacial score (nSPS) is 19.4. The molecule has 1 aliphatic heterocycles. The zero-order chi connectivity index (χ0) is 12.4. The lowest BCUT2D eigenvalue weighted by Gasteiger charge is -2.13. The lowest BCUT2D eigenvalue weighted by molar-refractivity contribution is -0.117. The summed E-state index contributed by atoms with van der Waals surface area (Å²) in [7, 11) is 0. The van der Waals surface area contributed by atoms with Gasteiger partial charge in [-0.1, -0.05) is 23.2 Å². The third kappa shape index (κ3) is 3.04. The summed E-state index contributed by atoms with van der Waals surface area (Å²) in [6, 6.07) is 1.49. The fraction of sp³-hybridized carbons (Fsp3) is 0.400. The van der Waals surface area contributed by atoms with Crippen LogP contribution < -0.4 is 10.6 Å². The van der Waals surface area contributed by atoms with E-state index in [2.05, 4.69) is 15.6 Å². The Labute approximate surface area is 113 Å². The van der Waals surface area contributed by atoms with E-state index in [0.29, 0.717) is 10.8 Å². The van der Waals surface area contributed by atoms with Crippen LogP contribution in [-0.4, -0.2) is 28.6 Å². The number of anilines is 1. The number of nitrogens with one attached hydrogen (secondary N) is 2. The molecule has 1 saturated heterocycles. The van der Waals surface area contributed by atoms with Gasteiger partial charge in [-0.3, -0.25) is 10.1 Å².